The van der Waals surface area contributed by atoms with Gasteiger partial charge in [-0.3, -0.25) is 4.55 Å². The first-order valence-corrected chi connectivity index (χ1v) is 6.08. The minimum absolute atomic E-state index is 0.329. The topological polar surface area (TPSA) is 104 Å². The zero-order valence-corrected chi connectivity index (χ0v) is 9.31. The second-order valence-corrected chi connectivity index (χ2v) is 5.16. The molecule has 0 bridgehead atoms. The summed E-state index contributed by atoms with van der Waals surface area (Å²) in [5.74, 6) is -1.69. The van der Waals surface area contributed by atoms with Crippen molar-refractivity contribution in [3.8, 4) is 0 Å². The van der Waals surface area contributed by atoms with Crippen LogP contribution in [-0.2, 0) is 14.9 Å². The predicted molar refractivity (Wildman–Crippen MR) is 61.0 cm³/mol. The zero-order chi connectivity index (χ0) is 12.7. The number of fused-ring (bicyclic) bond motifs is 1. The van der Waals surface area contributed by atoms with Gasteiger partial charge in [0.05, 0.1) is 0 Å². The summed E-state index contributed by atoms with van der Waals surface area (Å²) in [4.78, 5) is 8.55. The summed E-state index contributed by atoms with van der Waals surface area (Å²) in [6, 6.07) is 6.57. The molecule has 0 spiro atoms. The average molecular weight is 255 g/mol. The molecule has 1 aromatic rings. The van der Waals surface area contributed by atoms with Crippen LogP contribution in [0.15, 0.2) is 30.3 Å². The van der Waals surface area contributed by atoms with Gasteiger partial charge in [-0.15, -0.1) is 0 Å². The normalized spacial score (nSPS) is 22.6. The summed E-state index contributed by atoms with van der Waals surface area (Å²) in [7, 11) is -4.83. The molecule has 2 rings (SSSR count). The van der Waals surface area contributed by atoms with Crippen molar-refractivity contribution in [2.75, 3.05) is 5.32 Å². The highest BCUT2D eigenvalue weighted by atomic mass is 32.2. The van der Waals surface area contributed by atoms with Gasteiger partial charge in [0.1, 0.15) is 0 Å². The van der Waals surface area contributed by atoms with Gasteiger partial charge < -0.3 is 10.4 Å². The van der Waals surface area contributed by atoms with Crippen molar-refractivity contribution in [2.24, 2.45) is 0 Å². The molecular weight excluding hydrogens is 246 g/mol. The molecule has 1 heterocycles. The second-order valence-electron chi connectivity index (χ2n) is 3.56. The summed E-state index contributed by atoms with van der Waals surface area (Å²) in [5, 5.41) is 11.3. The molecule has 0 fully saturated rings. The van der Waals surface area contributed by atoms with Crippen LogP contribution in [0.3, 0.4) is 0 Å². The summed E-state index contributed by atoms with van der Waals surface area (Å²) in [6.07, 6.45) is 2.25. The third-order valence-corrected chi connectivity index (χ3v) is 3.73. The maximum absolute atomic E-state index is 11.2. The summed E-state index contributed by atoms with van der Waals surface area (Å²) < 4.78 is 31.5. The van der Waals surface area contributed by atoms with E-state index in [9.17, 15) is 13.2 Å². The standard InChI is InChI=1S/C10H9NO5S/c12-9(13)10(17(14,15)16)6-5-7-3-1-2-4-8(7)11-10/h1-6,11H,(H,12,13)(H,14,15,16). The number of anilines is 1. The van der Waals surface area contributed by atoms with Crippen LogP contribution in [0.1, 0.15) is 5.56 Å². The summed E-state index contributed by atoms with van der Waals surface area (Å²) in [6.45, 7) is 0. The Hall–Kier alpha value is -1.86. The van der Waals surface area contributed by atoms with E-state index in [0.717, 1.165) is 6.08 Å². The Morgan fingerprint density at radius 2 is 1.94 bits per heavy atom. The number of rotatable bonds is 2. The SMILES string of the molecule is O=C(O)C1(S(=O)(=O)O)C=Cc2ccccc2N1. The van der Waals surface area contributed by atoms with Gasteiger partial charge >= 0.3 is 16.1 Å². The Kier molecular flexibility index (Phi) is 2.44. The summed E-state index contributed by atoms with van der Waals surface area (Å²) >= 11 is 0. The van der Waals surface area contributed by atoms with E-state index in [1.165, 1.54) is 12.1 Å². The third kappa shape index (κ3) is 1.69. The lowest BCUT2D eigenvalue weighted by Gasteiger charge is -2.29. The number of benzene rings is 1. The molecule has 1 aliphatic rings. The number of para-hydroxylation sites is 1. The van der Waals surface area contributed by atoms with Crippen LogP contribution in [0.4, 0.5) is 5.69 Å². The van der Waals surface area contributed by atoms with Gasteiger partial charge in [0.25, 0.3) is 4.87 Å². The number of aliphatic carboxylic acids is 1. The van der Waals surface area contributed by atoms with Gasteiger partial charge in [-0.2, -0.15) is 8.42 Å². The van der Waals surface area contributed by atoms with Gasteiger partial charge in [-0.1, -0.05) is 24.3 Å². The van der Waals surface area contributed by atoms with Crippen molar-refractivity contribution in [1.29, 1.82) is 0 Å². The van der Waals surface area contributed by atoms with E-state index in [2.05, 4.69) is 5.32 Å². The van der Waals surface area contributed by atoms with Crippen molar-refractivity contribution < 1.29 is 22.9 Å². The van der Waals surface area contributed by atoms with Crippen LogP contribution >= 0.6 is 0 Å². The van der Waals surface area contributed by atoms with Gasteiger partial charge in [0, 0.05) is 5.69 Å². The van der Waals surface area contributed by atoms with Crippen LogP contribution in [0, 0.1) is 0 Å². The Balaban J connectivity index is 2.61. The quantitative estimate of drug-likeness (QED) is 0.675. The minimum Gasteiger partial charge on any atom is -0.478 e. The van der Waals surface area contributed by atoms with Crippen LogP contribution in [0.5, 0.6) is 0 Å². The molecule has 0 radical (unpaired) electrons. The van der Waals surface area contributed by atoms with Crippen molar-refractivity contribution in [3.63, 3.8) is 0 Å². The largest absolute Gasteiger partial charge is 0.478 e. The fourth-order valence-electron chi connectivity index (χ4n) is 1.59. The molecule has 7 heteroatoms. The van der Waals surface area contributed by atoms with Crippen molar-refractivity contribution in [3.05, 3.63) is 35.9 Å². The highest BCUT2D eigenvalue weighted by molar-refractivity contribution is 7.88. The Morgan fingerprint density at radius 3 is 2.53 bits per heavy atom. The number of carbonyl (C=O) groups is 1. The Morgan fingerprint density at radius 1 is 1.29 bits per heavy atom. The maximum Gasteiger partial charge on any atom is 0.352 e. The molecule has 1 aromatic carbocycles. The zero-order valence-electron chi connectivity index (χ0n) is 8.49. The lowest BCUT2D eigenvalue weighted by molar-refractivity contribution is -0.138. The van der Waals surface area contributed by atoms with Crippen LogP contribution in [-0.4, -0.2) is 28.9 Å². The molecule has 1 aliphatic heterocycles. The number of carboxylic acids is 1. The number of nitrogens with one attached hydrogen (secondary N) is 1. The second kappa shape index (κ2) is 3.57. The molecule has 6 nitrogen and oxygen atoms in total. The average Bonchev–Trinajstić information content (AvgIpc) is 2.26. The first-order chi connectivity index (χ1) is 7.87. The first-order valence-electron chi connectivity index (χ1n) is 4.64. The van der Waals surface area contributed by atoms with Gasteiger partial charge in [0.15, 0.2) is 0 Å². The van der Waals surface area contributed by atoms with E-state index >= 15 is 0 Å². The minimum atomic E-state index is -4.83. The predicted octanol–water partition coefficient (Wildman–Crippen LogP) is 0.794. The van der Waals surface area contributed by atoms with Crippen LogP contribution in [0.25, 0.3) is 6.08 Å². The fourth-order valence-corrected chi connectivity index (χ4v) is 2.29. The lowest BCUT2D eigenvalue weighted by atomic mass is 10.1. The van der Waals surface area contributed by atoms with E-state index in [1.54, 1.807) is 18.2 Å². The Bertz CT molecular complexity index is 607. The van der Waals surface area contributed by atoms with Crippen LogP contribution < -0.4 is 5.32 Å². The van der Waals surface area contributed by atoms with E-state index in [0.29, 0.717) is 11.3 Å². The molecule has 17 heavy (non-hydrogen) atoms. The smallest absolute Gasteiger partial charge is 0.352 e. The molecule has 0 aliphatic carbocycles. The number of carboxylic acid groups (broad SMARTS) is 1. The number of hydrogen-bond donors (Lipinski definition) is 3. The van der Waals surface area contributed by atoms with Crippen molar-refractivity contribution in [1.82, 2.24) is 0 Å². The van der Waals surface area contributed by atoms with Gasteiger partial charge in [-0.05, 0) is 17.7 Å². The monoisotopic (exact) mass is 255 g/mol. The molecule has 0 saturated carbocycles. The van der Waals surface area contributed by atoms with Crippen LogP contribution in [0.2, 0.25) is 0 Å². The van der Waals surface area contributed by atoms with E-state index in [-0.39, 0.29) is 0 Å². The van der Waals surface area contributed by atoms with E-state index in [4.69, 9.17) is 9.66 Å². The third-order valence-electron chi connectivity index (χ3n) is 2.50. The molecule has 0 aromatic heterocycles. The fraction of sp³-hybridized carbons (Fsp3) is 0.100. The molecule has 90 valence electrons. The van der Waals surface area contributed by atoms with Gasteiger partial charge in [-0.25, -0.2) is 4.79 Å². The molecule has 0 saturated heterocycles. The molecule has 1 atom stereocenters. The van der Waals surface area contributed by atoms with Crippen molar-refractivity contribution >= 4 is 27.9 Å². The number of hydrogen-bond acceptors (Lipinski definition) is 4. The molecule has 0 amide bonds. The van der Waals surface area contributed by atoms with Crippen molar-refractivity contribution in [2.45, 2.75) is 4.87 Å². The Labute approximate surface area is 97.3 Å². The molecular formula is C10H9NO5S. The highest BCUT2D eigenvalue weighted by Gasteiger charge is 2.50. The molecule has 3 N–H and O–H groups in total. The summed E-state index contributed by atoms with van der Waals surface area (Å²) in [5.41, 5.74) is 0.975. The highest BCUT2D eigenvalue weighted by Crippen LogP contribution is 2.31. The lowest BCUT2D eigenvalue weighted by Crippen LogP contribution is -2.52. The first kappa shape index (κ1) is 11.6. The van der Waals surface area contributed by atoms with E-state index in [1.807, 2.05) is 0 Å². The van der Waals surface area contributed by atoms with Gasteiger partial charge in [0.2, 0.25) is 0 Å². The molecule has 1 unspecified atom stereocenters. The maximum atomic E-state index is 11.2. The van der Waals surface area contributed by atoms with E-state index < -0.39 is 21.0 Å².